The summed E-state index contributed by atoms with van der Waals surface area (Å²) < 4.78 is 20.7. The minimum absolute atomic E-state index is 0.304. The normalized spacial score (nSPS) is 11.6. The number of esters is 1. The van der Waals surface area contributed by atoms with Crippen molar-refractivity contribution in [3.05, 3.63) is 54.1 Å². The van der Waals surface area contributed by atoms with Crippen LogP contribution in [-0.4, -0.2) is 39.3 Å². The molecule has 0 aliphatic heterocycles. The summed E-state index contributed by atoms with van der Waals surface area (Å²) in [5, 5.41) is 2.78. The number of carbonyl (C=O) groups excluding carboxylic acids is 2. The van der Waals surface area contributed by atoms with Crippen molar-refractivity contribution >= 4 is 23.6 Å². The van der Waals surface area contributed by atoms with E-state index >= 15 is 0 Å². The van der Waals surface area contributed by atoms with Crippen molar-refractivity contribution in [2.45, 2.75) is 13.0 Å². The topological polar surface area (TPSA) is 83.1 Å². The third-order valence-corrected chi connectivity index (χ3v) is 3.83. The van der Waals surface area contributed by atoms with Crippen molar-refractivity contribution in [1.29, 1.82) is 0 Å². The fourth-order valence-electron chi connectivity index (χ4n) is 2.28. The van der Waals surface area contributed by atoms with E-state index in [0.717, 1.165) is 5.56 Å². The Morgan fingerprint density at radius 1 is 0.964 bits per heavy atom. The van der Waals surface area contributed by atoms with Crippen LogP contribution in [-0.2, 0) is 14.3 Å². The summed E-state index contributed by atoms with van der Waals surface area (Å²) in [7, 11) is 4.38. The molecule has 2 aromatic rings. The Hall–Kier alpha value is -3.48. The molecule has 1 N–H and O–H groups in total. The van der Waals surface area contributed by atoms with Gasteiger partial charge in [-0.05, 0) is 55.0 Å². The highest BCUT2D eigenvalue weighted by atomic mass is 16.5. The molecule has 0 spiro atoms. The van der Waals surface area contributed by atoms with Crippen molar-refractivity contribution in [2.75, 3.05) is 26.6 Å². The lowest BCUT2D eigenvalue weighted by Crippen LogP contribution is -2.30. The fourth-order valence-corrected chi connectivity index (χ4v) is 2.28. The predicted molar refractivity (Wildman–Crippen MR) is 106 cm³/mol. The molecule has 0 bridgehead atoms. The SMILES string of the molecule is COC(=O)/C=C/c1ccc(OC(C)C(=O)Nc2ccc(OC)cc2)c(OC)c1. The number of rotatable bonds is 8. The first-order valence-electron chi connectivity index (χ1n) is 8.52. The Kier molecular flexibility index (Phi) is 7.45. The summed E-state index contributed by atoms with van der Waals surface area (Å²) in [5.74, 6) is 0.796. The molecule has 0 saturated heterocycles. The first-order valence-corrected chi connectivity index (χ1v) is 8.52. The molecule has 7 nitrogen and oxygen atoms in total. The van der Waals surface area contributed by atoms with Gasteiger partial charge >= 0.3 is 5.97 Å². The fraction of sp³-hybridized carbons (Fsp3) is 0.238. The third kappa shape index (κ3) is 5.77. The molecule has 0 heterocycles. The number of methoxy groups -OCH3 is 3. The number of benzene rings is 2. The Labute approximate surface area is 163 Å². The van der Waals surface area contributed by atoms with Crippen LogP contribution >= 0.6 is 0 Å². The van der Waals surface area contributed by atoms with E-state index in [-0.39, 0.29) is 5.91 Å². The van der Waals surface area contributed by atoms with Gasteiger partial charge in [0.25, 0.3) is 5.91 Å². The van der Waals surface area contributed by atoms with Crippen molar-refractivity contribution < 1.29 is 28.5 Å². The van der Waals surface area contributed by atoms with Crippen LogP contribution in [0.15, 0.2) is 48.5 Å². The standard InChI is InChI=1S/C21H23NO6/c1-14(21(24)22-16-7-9-17(25-2)10-8-16)28-18-11-5-15(13-19(18)26-3)6-12-20(23)27-4/h5-14H,1-4H3,(H,22,24)/b12-6+. The van der Waals surface area contributed by atoms with Crippen LogP contribution in [0.1, 0.15) is 12.5 Å². The maximum Gasteiger partial charge on any atom is 0.330 e. The maximum atomic E-state index is 12.4. The van der Waals surface area contributed by atoms with E-state index in [9.17, 15) is 9.59 Å². The van der Waals surface area contributed by atoms with E-state index in [4.69, 9.17) is 14.2 Å². The van der Waals surface area contributed by atoms with Gasteiger partial charge in [0.1, 0.15) is 5.75 Å². The predicted octanol–water partition coefficient (Wildman–Crippen LogP) is 3.30. The van der Waals surface area contributed by atoms with Crippen LogP contribution in [0.3, 0.4) is 0 Å². The molecule has 0 radical (unpaired) electrons. The van der Waals surface area contributed by atoms with Gasteiger partial charge in [-0.15, -0.1) is 0 Å². The number of carbonyl (C=O) groups is 2. The van der Waals surface area contributed by atoms with E-state index in [1.807, 2.05) is 0 Å². The first-order chi connectivity index (χ1) is 13.5. The zero-order chi connectivity index (χ0) is 20.5. The lowest BCUT2D eigenvalue weighted by molar-refractivity contribution is -0.134. The van der Waals surface area contributed by atoms with Crippen LogP contribution in [0.4, 0.5) is 5.69 Å². The summed E-state index contributed by atoms with van der Waals surface area (Å²) in [6.45, 7) is 1.64. The van der Waals surface area contributed by atoms with Gasteiger partial charge in [-0.1, -0.05) is 6.07 Å². The monoisotopic (exact) mass is 385 g/mol. The zero-order valence-electron chi connectivity index (χ0n) is 16.2. The average Bonchev–Trinajstić information content (AvgIpc) is 2.73. The van der Waals surface area contributed by atoms with E-state index in [1.165, 1.54) is 20.3 Å². The molecule has 0 aromatic heterocycles. The number of amides is 1. The Bertz CT molecular complexity index is 844. The summed E-state index contributed by atoms with van der Waals surface area (Å²) in [6.07, 6.45) is 2.14. The van der Waals surface area contributed by atoms with Crippen LogP contribution in [0, 0.1) is 0 Å². The largest absolute Gasteiger partial charge is 0.497 e. The van der Waals surface area contributed by atoms with Gasteiger partial charge < -0.3 is 24.3 Å². The maximum absolute atomic E-state index is 12.4. The van der Waals surface area contributed by atoms with Crippen LogP contribution in [0.2, 0.25) is 0 Å². The van der Waals surface area contributed by atoms with Gasteiger partial charge in [0.15, 0.2) is 17.6 Å². The van der Waals surface area contributed by atoms with E-state index in [2.05, 4.69) is 10.1 Å². The highest BCUT2D eigenvalue weighted by Crippen LogP contribution is 2.29. The second-order valence-electron chi connectivity index (χ2n) is 5.74. The summed E-state index contributed by atoms with van der Waals surface area (Å²) >= 11 is 0. The molecule has 2 rings (SSSR count). The van der Waals surface area contributed by atoms with Crippen molar-refractivity contribution in [2.24, 2.45) is 0 Å². The number of ether oxygens (including phenoxy) is 4. The second kappa shape index (κ2) is 10.0. The van der Waals surface area contributed by atoms with Crippen LogP contribution in [0.25, 0.3) is 6.08 Å². The number of anilines is 1. The van der Waals surface area contributed by atoms with Gasteiger partial charge in [0.2, 0.25) is 0 Å². The molecule has 7 heteroatoms. The highest BCUT2D eigenvalue weighted by molar-refractivity contribution is 5.94. The van der Waals surface area contributed by atoms with Crippen molar-refractivity contribution in [3.8, 4) is 17.2 Å². The summed E-state index contributed by atoms with van der Waals surface area (Å²) in [4.78, 5) is 23.6. The molecule has 0 aliphatic rings. The third-order valence-electron chi connectivity index (χ3n) is 3.83. The quantitative estimate of drug-likeness (QED) is 0.555. The summed E-state index contributed by atoms with van der Waals surface area (Å²) in [6, 6.07) is 12.1. The molecule has 1 atom stereocenters. The van der Waals surface area contributed by atoms with Gasteiger partial charge in [0, 0.05) is 11.8 Å². The molecule has 1 unspecified atom stereocenters. The van der Waals surface area contributed by atoms with Gasteiger partial charge in [-0.2, -0.15) is 0 Å². The molecule has 1 amide bonds. The number of hydrogen-bond donors (Lipinski definition) is 1. The Balaban J connectivity index is 2.04. The molecule has 148 valence electrons. The first kappa shape index (κ1) is 20.8. The molecular formula is C21H23NO6. The second-order valence-corrected chi connectivity index (χ2v) is 5.74. The molecular weight excluding hydrogens is 362 g/mol. The van der Waals surface area contributed by atoms with E-state index < -0.39 is 12.1 Å². The molecule has 0 aliphatic carbocycles. The minimum atomic E-state index is -0.757. The molecule has 0 fully saturated rings. The van der Waals surface area contributed by atoms with Crippen molar-refractivity contribution in [1.82, 2.24) is 0 Å². The van der Waals surface area contributed by atoms with Gasteiger partial charge in [0.05, 0.1) is 21.3 Å². The lowest BCUT2D eigenvalue weighted by atomic mass is 10.2. The minimum Gasteiger partial charge on any atom is -0.497 e. The van der Waals surface area contributed by atoms with E-state index in [0.29, 0.717) is 22.9 Å². The van der Waals surface area contributed by atoms with Crippen LogP contribution < -0.4 is 19.5 Å². The Morgan fingerprint density at radius 3 is 2.29 bits per heavy atom. The Morgan fingerprint density at radius 2 is 1.68 bits per heavy atom. The summed E-state index contributed by atoms with van der Waals surface area (Å²) in [5.41, 5.74) is 1.36. The van der Waals surface area contributed by atoms with E-state index in [1.54, 1.807) is 62.6 Å². The van der Waals surface area contributed by atoms with Gasteiger partial charge in [-0.25, -0.2) is 4.79 Å². The molecule has 28 heavy (non-hydrogen) atoms. The zero-order valence-corrected chi connectivity index (χ0v) is 16.2. The lowest BCUT2D eigenvalue weighted by Gasteiger charge is -2.17. The van der Waals surface area contributed by atoms with Gasteiger partial charge in [-0.3, -0.25) is 4.79 Å². The number of hydrogen-bond acceptors (Lipinski definition) is 6. The average molecular weight is 385 g/mol. The van der Waals surface area contributed by atoms with Crippen LogP contribution in [0.5, 0.6) is 17.2 Å². The highest BCUT2D eigenvalue weighted by Gasteiger charge is 2.17. The van der Waals surface area contributed by atoms with Crippen molar-refractivity contribution in [3.63, 3.8) is 0 Å². The molecule has 2 aromatic carbocycles. The molecule has 0 saturated carbocycles. The smallest absolute Gasteiger partial charge is 0.330 e. The number of nitrogens with one attached hydrogen (secondary N) is 1.